The smallest absolute Gasteiger partial charge is 0.329 e. The van der Waals surface area contributed by atoms with E-state index in [0.29, 0.717) is 67.3 Å². The Bertz CT molecular complexity index is 1570. The molecule has 0 aliphatic heterocycles. The molecule has 6 rings (SSSR count). The summed E-state index contributed by atoms with van der Waals surface area (Å²) in [6, 6.07) is 13.9. The number of carbonyl (C=O) groups is 1. The molecule has 1 fully saturated rings. The molecule has 3 aromatic rings. The fourth-order valence-corrected chi connectivity index (χ4v) is 7.65. The first-order valence-corrected chi connectivity index (χ1v) is 15.5. The zero-order valence-electron chi connectivity index (χ0n) is 24.5. The molecule has 0 radical (unpaired) electrons. The fraction of sp³-hybridized carbons (Fsp3) is 0.429. The van der Waals surface area contributed by atoms with Crippen LogP contribution in [-0.2, 0) is 10.2 Å². The van der Waals surface area contributed by atoms with E-state index in [-0.39, 0.29) is 23.1 Å². The Labute approximate surface area is 256 Å². The molecule has 3 aliphatic rings. The monoisotopic (exact) mass is 606 g/mol. The van der Waals surface area contributed by atoms with Crippen LogP contribution < -0.4 is 10.1 Å². The summed E-state index contributed by atoms with van der Waals surface area (Å²) in [5, 5.41) is 14.2. The van der Waals surface area contributed by atoms with Crippen molar-refractivity contribution in [2.45, 2.75) is 81.8 Å². The molecule has 226 valence electrons. The predicted octanol–water partition coefficient (Wildman–Crippen LogP) is 9.03. The second-order valence-electron chi connectivity index (χ2n) is 12.7. The van der Waals surface area contributed by atoms with Gasteiger partial charge in [-0.05, 0) is 104 Å². The number of nitrogens with one attached hydrogen (secondary N) is 1. The second-order valence-corrected chi connectivity index (χ2v) is 13.1. The van der Waals surface area contributed by atoms with Gasteiger partial charge in [0.25, 0.3) is 0 Å². The van der Waals surface area contributed by atoms with Crippen molar-refractivity contribution in [2.75, 3.05) is 11.9 Å². The van der Waals surface area contributed by atoms with Crippen LogP contribution in [0.5, 0.6) is 5.75 Å². The number of ether oxygens (including phenoxy) is 1. The van der Waals surface area contributed by atoms with Crippen LogP contribution in [0, 0.1) is 11.7 Å². The number of benzene rings is 2. The maximum atomic E-state index is 14.6. The van der Waals surface area contributed by atoms with Crippen LogP contribution in [0.2, 0.25) is 5.02 Å². The number of nitrogens with zero attached hydrogens (tertiary/aromatic N) is 1. The van der Waals surface area contributed by atoms with Crippen LogP contribution in [0.3, 0.4) is 0 Å². The number of anilines is 1. The molecule has 0 saturated heterocycles. The second kappa shape index (κ2) is 11.6. The average Bonchev–Trinajstić information content (AvgIpc) is 3.26. The molecule has 1 saturated carbocycles. The third-order valence-corrected chi connectivity index (χ3v) is 10.00. The van der Waals surface area contributed by atoms with Crippen molar-refractivity contribution in [3.8, 4) is 5.75 Å². The zero-order chi connectivity index (χ0) is 30.4. The van der Waals surface area contributed by atoms with Crippen molar-refractivity contribution < 1.29 is 23.4 Å². The van der Waals surface area contributed by atoms with Gasteiger partial charge >= 0.3 is 5.97 Å². The summed E-state index contributed by atoms with van der Waals surface area (Å²) in [5.74, 6) is -0.185. The number of pyridine rings is 1. The summed E-state index contributed by atoms with van der Waals surface area (Å²) in [6.45, 7) is 4.65. The SMILES string of the molecule is C[C@@H](COc1ccnc2c1[C@H](C)CC[C@H]2F)CC1=Cc2cc(F)ccc2C12CCC(Nc1cccc(Cl)c1)(C(=O)O)CC2. The van der Waals surface area contributed by atoms with Crippen molar-refractivity contribution in [3.63, 3.8) is 0 Å². The number of allylic oxidation sites excluding steroid dienone is 1. The number of aliphatic carboxylic acids is 1. The summed E-state index contributed by atoms with van der Waals surface area (Å²) in [7, 11) is 0. The van der Waals surface area contributed by atoms with Gasteiger partial charge in [0.2, 0.25) is 0 Å². The molecule has 0 bridgehead atoms. The van der Waals surface area contributed by atoms with Gasteiger partial charge in [-0.2, -0.15) is 0 Å². The number of halogens is 3. The van der Waals surface area contributed by atoms with E-state index in [1.165, 1.54) is 11.6 Å². The van der Waals surface area contributed by atoms with Crippen molar-refractivity contribution in [3.05, 3.63) is 93.5 Å². The van der Waals surface area contributed by atoms with E-state index < -0.39 is 17.7 Å². The van der Waals surface area contributed by atoms with Crippen LogP contribution in [0.1, 0.15) is 93.3 Å². The van der Waals surface area contributed by atoms with Crippen LogP contribution in [0.4, 0.5) is 14.5 Å². The number of hydrogen-bond acceptors (Lipinski definition) is 4. The van der Waals surface area contributed by atoms with Gasteiger partial charge in [0, 0.05) is 27.9 Å². The first kappa shape index (κ1) is 29.6. The lowest BCUT2D eigenvalue weighted by Gasteiger charge is -2.46. The lowest BCUT2D eigenvalue weighted by Crippen LogP contribution is -2.52. The van der Waals surface area contributed by atoms with Crippen LogP contribution >= 0.6 is 11.6 Å². The van der Waals surface area contributed by atoms with Crippen molar-refractivity contribution in [1.29, 1.82) is 0 Å². The van der Waals surface area contributed by atoms with Crippen molar-refractivity contribution in [1.82, 2.24) is 4.98 Å². The summed E-state index contributed by atoms with van der Waals surface area (Å²) in [5.41, 5.74) is 3.63. The highest BCUT2D eigenvalue weighted by atomic mass is 35.5. The largest absolute Gasteiger partial charge is 0.493 e. The predicted molar refractivity (Wildman–Crippen MR) is 165 cm³/mol. The van der Waals surface area contributed by atoms with Crippen LogP contribution in [0.25, 0.3) is 6.08 Å². The Morgan fingerprint density at radius 1 is 1.16 bits per heavy atom. The number of alkyl halides is 1. The Morgan fingerprint density at radius 3 is 2.70 bits per heavy atom. The highest BCUT2D eigenvalue weighted by Crippen LogP contribution is 2.55. The number of hydrogen-bond donors (Lipinski definition) is 2. The van der Waals surface area contributed by atoms with E-state index in [0.717, 1.165) is 23.1 Å². The summed E-state index contributed by atoms with van der Waals surface area (Å²) < 4.78 is 35.3. The summed E-state index contributed by atoms with van der Waals surface area (Å²) in [4.78, 5) is 17.0. The lowest BCUT2D eigenvalue weighted by atomic mass is 9.61. The third-order valence-electron chi connectivity index (χ3n) is 9.76. The quantitative estimate of drug-likeness (QED) is 0.268. The van der Waals surface area contributed by atoms with E-state index in [1.54, 1.807) is 30.5 Å². The molecule has 8 heteroatoms. The Kier molecular flexibility index (Phi) is 7.97. The van der Waals surface area contributed by atoms with E-state index >= 15 is 0 Å². The topological polar surface area (TPSA) is 71.5 Å². The van der Waals surface area contributed by atoms with E-state index in [1.807, 2.05) is 18.2 Å². The van der Waals surface area contributed by atoms with Gasteiger partial charge < -0.3 is 15.2 Å². The van der Waals surface area contributed by atoms with Gasteiger partial charge in [0.15, 0.2) is 0 Å². The lowest BCUT2D eigenvalue weighted by molar-refractivity contribution is -0.143. The number of rotatable bonds is 8. The molecule has 43 heavy (non-hydrogen) atoms. The van der Waals surface area contributed by atoms with Gasteiger partial charge in [0.1, 0.15) is 23.3 Å². The Balaban J connectivity index is 1.22. The summed E-state index contributed by atoms with van der Waals surface area (Å²) in [6.07, 6.45) is 6.64. The van der Waals surface area contributed by atoms with Crippen molar-refractivity contribution >= 4 is 29.3 Å². The molecule has 1 spiro atoms. The van der Waals surface area contributed by atoms with Crippen LogP contribution in [-0.4, -0.2) is 28.2 Å². The maximum absolute atomic E-state index is 14.6. The normalized spacial score (nSPS) is 26.8. The Hall–Kier alpha value is -3.45. The summed E-state index contributed by atoms with van der Waals surface area (Å²) >= 11 is 6.18. The molecule has 0 unspecified atom stereocenters. The fourth-order valence-electron chi connectivity index (χ4n) is 7.46. The molecule has 1 aromatic heterocycles. The first-order chi connectivity index (χ1) is 20.6. The molecule has 3 atom stereocenters. The maximum Gasteiger partial charge on any atom is 0.329 e. The third kappa shape index (κ3) is 5.52. The molecule has 2 aromatic carbocycles. The molecular weight excluding hydrogens is 570 g/mol. The molecule has 1 heterocycles. The Morgan fingerprint density at radius 2 is 1.95 bits per heavy atom. The van der Waals surface area contributed by atoms with Gasteiger partial charge in [-0.1, -0.05) is 49.2 Å². The van der Waals surface area contributed by atoms with Gasteiger partial charge in [0.05, 0.1) is 12.3 Å². The minimum atomic E-state index is -1.13. The molecule has 5 nitrogen and oxygen atoms in total. The van der Waals surface area contributed by atoms with Gasteiger partial charge in [-0.15, -0.1) is 0 Å². The minimum Gasteiger partial charge on any atom is -0.493 e. The number of fused-ring (bicyclic) bond motifs is 3. The highest BCUT2D eigenvalue weighted by Gasteiger charge is 2.51. The molecule has 0 amide bonds. The first-order valence-electron chi connectivity index (χ1n) is 15.1. The van der Waals surface area contributed by atoms with Gasteiger partial charge in [-0.3, -0.25) is 4.98 Å². The molecule has 2 N–H and O–H groups in total. The highest BCUT2D eigenvalue weighted by molar-refractivity contribution is 6.30. The zero-order valence-corrected chi connectivity index (χ0v) is 25.3. The molecule has 3 aliphatic carbocycles. The van der Waals surface area contributed by atoms with Gasteiger partial charge in [-0.25, -0.2) is 13.6 Å². The number of carboxylic acid groups (broad SMARTS) is 1. The number of aromatic nitrogens is 1. The minimum absolute atomic E-state index is 0.113. The van der Waals surface area contributed by atoms with E-state index in [9.17, 15) is 18.7 Å². The number of carboxylic acids is 1. The standard InChI is InChI=1S/C35H37ClF2N2O3/c1-21(20-43-30-10-15-39-32-29(38)9-6-22(2)31(30)32)16-24-17-23-18-26(37)7-8-28(23)34(24)11-13-35(14-12-34,33(41)42)40-27-5-3-4-25(36)19-27/h3-5,7-8,10,15,17-19,21-22,29,40H,6,9,11-14,16,20H2,1-2H3,(H,41,42)/t21-,22-,29-,34?,35?/m1/s1. The average molecular weight is 607 g/mol. The van der Waals surface area contributed by atoms with E-state index in [4.69, 9.17) is 16.3 Å². The van der Waals surface area contributed by atoms with E-state index in [2.05, 4.69) is 30.2 Å². The van der Waals surface area contributed by atoms with Crippen molar-refractivity contribution in [2.24, 2.45) is 5.92 Å². The molecular formula is C35H37ClF2N2O3. The van der Waals surface area contributed by atoms with Crippen LogP contribution in [0.15, 0.2) is 60.3 Å².